The lowest BCUT2D eigenvalue weighted by molar-refractivity contribution is -0.137. The number of carbonyl (C=O) groups excluding carboxylic acids is 1. The van der Waals surface area contributed by atoms with E-state index in [0.717, 1.165) is 18.6 Å². The molecule has 0 aliphatic heterocycles. The molecule has 0 spiro atoms. The van der Waals surface area contributed by atoms with Crippen LogP contribution in [0.15, 0.2) is 12.7 Å². The zero-order chi connectivity index (χ0) is 13.0. The summed E-state index contributed by atoms with van der Waals surface area (Å²) in [6, 6.07) is 0. The number of nitrogens with zero attached hydrogens (tertiary/aromatic N) is 1. The number of carbonyl (C=O) groups is 1. The van der Waals surface area contributed by atoms with E-state index < -0.39 is 32.6 Å². The highest BCUT2D eigenvalue weighted by Gasteiger charge is 2.26. The molecule has 0 bridgehead atoms. The molecule has 7 nitrogen and oxygen atoms in total. The number of hydrogen-bond donors (Lipinski definition) is 0. The van der Waals surface area contributed by atoms with Crippen molar-refractivity contribution in [2.45, 2.75) is 0 Å². The average Bonchev–Trinajstić information content (AvgIpc) is 2.07. The second kappa shape index (κ2) is 5.41. The summed E-state index contributed by atoms with van der Waals surface area (Å²) in [5, 5.41) is 0. The van der Waals surface area contributed by atoms with Crippen LogP contribution in [0.5, 0.6) is 0 Å². The van der Waals surface area contributed by atoms with Gasteiger partial charge in [0.1, 0.15) is 6.61 Å². The van der Waals surface area contributed by atoms with Gasteiger partial charge >= 0.3 is 5.97 Å². The van der Waals surface area contributed by atoms with Crippen molar-refractivity contribution in [1.29, 1.82) is 0 Å². The lowest BCUT2D eigenvalue weighted by Gasteiger charge is -2.16. The third-order valence-corrected chi connectivity index (χ3v) is 4.89. The Balaban J connectivity index is 4.62. The van der Waals surface area contributed by atoms with Crippen LogP contribution in [-0.4, -0.2) is 52.2 Å². The largest absolute Gasteiger partial charge is 0.461 e. The van der Waals surface area contributed by atoms with E-state index in [1.54, 1.807) is 0 Å². The third-order valence-electron chi connectivity index (χ3n) is 1.42. The highest BCUT2D eigenvalue weighted by molar-refractivity contribution is 8.03. The Bertz CT molecular complexity index is 431. The Kier molecular flexibility index (Phi) is 5.10. The molecule has 0 aromatic heterocycles. The molecule has 0 atom stereocenters. The fraction of sp³-hybridized carbons (Fsp3) is 0.571. The first kappa shape index (κ1) is 15.1. The first-order valence-electron chi connectivity index (χ1n) is 4.06. The topological polar surface area (TPSA) is 97.8 Å². The Morgan fingerprint density at radius 1 is 1.25 bits per heavy atom. The molecule has 16 heavy (non-hydrogen) atoms. The van der Waals surface area contributed by atoms with Crippen molar-refractivity contribution < 1.29 is 26.4 Å². The van der Waals surface area contributed by atoms with Crippen LogP contribution in [0.3, 0.4) is 0 Å². The second-order valence-electron chi connectivity index (χ2n) is 2.89. The molecule has 0 saturated carbocycles. The van der Waals surface area contributed by atoms with Crippen molar-refractivity contribution in [3.8, 4) is 0 Å². The van der Waals surface area contributed by atoms with Gasteiger partial charge in [-0.3, -0.25) is 0 Å². The molecule has 0 fully saturated rings. The predicted octanol–water partition coefficient (Wildman–Crippen LogP) is -1.06. The fourth-order valence-corrected chi connectivity index (χ4v) is 3.64. The van der Waals surface area contributed by atoms with E-state index >= 15 is 0 Å². The van der Waals surface area contributed by atoms with Gasteiger partial charge in [0.25, 0.3) is 0 Å². The molecule has 0 unspecified atom stereocenters. The molecule has 94 valence electrons. The summed E-state index contributed by atoms with van der Waals surface area (Å²) < 4.78 is 49.2. The molecule has 0 radical (unpaired) electrons. The first-order chi connectivity index (χ1) is 7.09. The van der Waals surface area contributed by atoms with Crippen molar-refractivity contribution in [2.24, 2.45) is 0 Å². The summed E-state index contributed by atoms with van der Waals surface area (Å²) in [7, 11) is -7.80. The van der Waals surface area contributed by atoms with Crippen LogP contribution in [0.25, 0.3) is 0 Å². The Morgan fingerprint density at radius 3 is 2.00 bits per heavy atom. The minimum Gasteiger partial charge on any atom is -0.461 e. The van der Waals surface area contributed by atoms with Crippen LogP contribution in [-0.2, 0) is 29.6 Å². The van der Waals surface area contributed by atoms with Gasteiger partial charge in [-0.25, -0.2) is 21.6 Å². The van der Waals surface area contributed by atoms with Crippen molar-refractivity contribution in [3.05, 3.63) is 12.7 Å². The molecular formula is C7H13NO6S2. The van der Waals surface area contributed by atoms with E-state index in [-0.39, 0.29) is 10.3 Å². The SMILES string of the molecule is C=CC(=O)OCCN(S(C)(=O)=O)S(C)(=O)=O. The number of rotatable bonds is 6. The summed E-state index contributed by atoms with van der Waals surface area (Å²) in [6.07, 6.45) is 2.40. The normalized spacial score (nSPS) is 12.4. The number of esters is 1. The molecule has 0 rings (SSSR count). The van der Waals surface area contributed by atoms with Gasteiger partial charge in [0.15, 0.2) is 0 Å². The Hall–Kier alpha value is -0.930. The van der Waals surface area contributed by atoms with E-state index in [2.05, 4.69) is 11.3 Å². The average molecular weight is 271 g/mol. The first-order valence-corrected chi connectivity index (χ1v) is 7.76. The van der Waals surface area contributed by atoms with Crippen LogP contribution >= 0.6 is 0 Å². The molecular weight excluding hydrogens is 258 g/mol. The zero-order valence-corrected chi connectivity index (χ0v) is 10.5. The smallest absolute Gasteiger partial charge is 0.330 e. The highest BCUT2D eigenvalue weighted by atomic mass is 32.3. The summed E-state index contributed by atoms with van der Waals surface area (Å²) in [6.45, 7) is 2.33. The molecule has 9 heteroatoms. The van der Waals surface area contributed by atoms with Crippen molar-refractivity contribution >= 4 is 26.0 Å². The van der Waals surface area contributed by atoms with Crippen LogP contribution in [0.4, 0.5) is 0 Å². The van der Waals surface area contributed by atoms with Crippen LogP contribution in [0.2, 0.25) is 0 Å². The Morgan fingerprint density at radius 2 is 1.69 bits per heavy atom. The lowest BCUT2D eigenvalue weighted by Crippen LogP contribution is -2.38. The molecule has 0 aromatic rings. The maximum absolute atomic E-state index is 11.1. The number of ether oxygens (including phenoxy) is 1. The van der Waals surface area contributed by atoms with Gasteiger partial charge < -0.3 is 4.74 Å². The van der Waals surface area contributed by atoms with Crippen molar-refractivity contribution in [3.63, 3.8) is 0 Å². The standard InChI is InChI=1S/C7H13NO6S2/c1-4-7(9)14-6-5-8(15(2,10)11)16(3,12)13/h4H,1,5-6H2,2-3H3. The number of hydrogen-bond acceptors (Lipinski definition) is 6. The monoisotopic (exact) mass is 271 g/mol. The van der Waals surface area contributed by atoms with Crippen LogP contribution in [0.1, 0.15) is 0 Å². The summed E-state index contributed by atoms with van der Waals surface area (Å²) >= 11 is 0. The van der Waals surface area contributed by atoms with Gasteiger partial charge in [0, 0.05) is 6.08 Å². The van der Waals surface area contributed by atoms with E-state index in [1.165, 1.54) is 0 Å². The van der Waals surface area contributed by atoms with E-state index in [9.17, 15) is 21.6 Å². The fourth-order valence-electron chi connectivity index (χ4n) is 0.857. The summed E-state index contributed by atoms with van der Waals surface area (Å²) in [5.41, 5.74) is 0. The molecule has 0 aliphatic rings. The van der Waals surface area contributed by atoms with Gasteiger partial charge in [0.05, 0.1) is 19.1 Å². The molecule has 0 aromatic carbocycles. The molecule has 0 N–H and O–H groups in total. The van der Waals surface area contributed by atoms with Crippen LogP contribution < -0.4 is 0 Å². The zero-order valence-electron chi connectivity index (χ0n) is 8.91. The maximum atomic E-state index is 11.1. The second-order valence-corrected chi connectivity index (χ2v) is 6.94. The van der Waals surface area contributed by atoms with Gasteiger partial charge in [-0.15, -0.1) is 0 Å². The van der Waals surface area contributed by atoms with E-state index in [4.69, 9.17) is 0 Å². The number of sulfonamides is 2. The van der Waals surface area contributed by atoms with Crippen LogP contribution in [0, 0.1) is 0 Å². The maximum Gasteiger partial charge on any atom is 0.330 e. The molecule has 0 aliphatic carbocycles. The Labute approximate surface area is 94.8 Å². The quantitative estimate of drug-likeness (QED) is 0.451. The van der Waals surface area contributed by atoms with Gasteiger partial charge in [-0.2, -0.15) is 0 Å². The highest BCUT2D eigenvalue weighted by Crippen LogP contribution is 2.04. The summed E-state index contributed by atoms with van der Waals surface area (Å²) in [4.78, 5) is 10.6. The third kappa shape index (κ3) is 5.24. The van der Waals surface area contributed by atoms with E-state index in [1.807, 2.05) is 0 Å². The van der Waals surface area contributed by atoms with E-state index in [0.29, 0.717) is 0 Å². The predicted molar refractivity (Wildman–Crippen MR) is 57.5 cm³/mol. The summed E-state index contributed by atoms with van der Waals surface area (Å²) in [5.74, 6) is -0.748. The van der Waals surface area contributed by atoms with Gasteiger partial charge in [0.2, 0.25) is 20.0 Å². The lowest BCUT2D eigenvalue weighted by atomic mass is 10.6. The molecule has 0 saturated heterocycles. The van der Waals surface area contributed by atoms with Gasteiger partial charge in [-0.05, 0) is 0 Å². The van der Waals surface area contributed by atoms with Crippen molar-refractivity contribution in [1.82, 2.24) is 3.71 Å². The van der Waals surface area contributed by atoms with Crippen molar-refractivity contribution in [2.75, 3.05) is 25.7 Å². The van der Waals surface area contributed by atoms with Gasteiger partial charge in [-0.1, -0.05) is 10.3 Å². The molecule has 0 heterocycles. The molecule has 0 amide bonds. The minimum absolute atomic E-state index is 0.260. The minimum atomic E-state index is -3.90.